The SMILES string of the molecule is CCCOc1ccc(C(C)CO)cc1OCCC. The molecule has 1 rings (SSSR count). The molecule has 0 amide bonds. The quantitative estimate of drug-likeness (QED) is 0.771. The maximum atomic E-state index is 9.19. The molecule has 0 saturated heterocycles. The molecule has 1 unspecified atom stereocenters. The first-order chi connectivity index (χ1) is 8.72. The minimum atomic E-state index is 0.120. The average molecular weight is 252 g/mol. The molecule has 1 atom stereocenters. The molecule has 3 heteroatoms. The standard InChI is InChI=1S/C15H24O3/c1-4-8-17-14-7-6-13(12(3)11-16)10-15(14)18-9-5-2/h6-7,10,12,16H,4-5,8-9,11H2,1-3H3. The van der Waals surface area contributed by atoms with Gasteiger partial charge in [-0.15, -0.1) is 0 Å². The summed E-state index contributed by atoms with van der Waals surface area (Å²) >= 11 is 0. The van der Waals surface area contributed by atoms with Crippen molar-refractivity contribution < 1.29 is 14.6 Å². The van der Waals surface area contributed by atoms with E-state index in [1.54, 1.807) is 0 Å². The van der Waals surface area contributed by atoms with Gasteiger partial charge in [-0.05, 0) is 30.5 Å². The molecule has 1 N–H and O–H groups in total. The summed E-state index contributed by atoms with van der Waals surface area (Å²) in [6.07, 6.45) is 1.94. The first-order valence-corrected chi connectivity index (χ1v) is 6.73. The highest BCUT2D eigenvalue weighted by Crippen LogP contribution is 2.31. The molecule has 0 heterocycles. The third kappa shape index (κ3) is 4.22. The third-order valence-corrected chi connectivity index (χ3v) is 2.73. The Morgan fingerprint density at radius 2 is 1.67 bits per heavy atom. The lowest BCUT2D eigenvalue weighted by molar-refractivity contribution is 0.263. The molecule has 0 aromatic heterocycles. The largest absolute Gasteiger partial charge is 0.490 e. The molecule has 0 aliphatic carbocycles. The highest BCUT2D eigenvalue weighted by atomic mass is 16.5. The van der Waals surface area contributed by atoms with Gasteiger partial charge in [0.25, 0.3) is 0 Å². The number of aliphatic hydroxyl groups is 1. The Balaban J connectivity index is 2.88. The predicted octanol–water partition coefficient (Wildman–Crippen LogP) is 3.36. The Morgan fingerprint density at radius 3 is 2.22 bits per heavy atom. The van der Waals surface area contributed by atoms with Gasteiger partial charge in [0.05, 0.1) is 13.2 Å². The van der Waals surface area contributed by atoms with Crippen LogP contribution in [-0.2, 0) is 0 Å². The molecule has 3 nitrogen and oxygen atoms in total. The van der Waals surface area contributed by atoms with E-state index in [0.717, 1.165) is 29.9 Å². The van der Waals surface area contributed by atoms with Crippen molar-refractivity contribution in [3.8, 4) is 11.5 Å². The summed E-state index contributed by atoms with van der Waals surface area (Å²) in [5, 5.41) is 9.19. The van der Waals surface area contributed by atoms with E-state index in [2.05, 4.69) is 13.8 Å². The maximum absolute atomic E-state index is 9.19. The van der Waals surface area contributed by atoms with Gasteiger partial charge in [0.2, 0.25) is 0 Å². The minimum absolute atomic E-state index is 0.120. The molecule has 0 radical (unpaired) electrons. The molecular weight excluding hydrogens is 228 g/mol. The molecule has 0 bridgehead atoms. The Labute approximate surface area is 110 Å². The Morgan fingerprint density at radius 1 is 1.06 bits per heavy atom. The summed E-state index contributed by atoms with van der Waals surface area (Å²) in [6.45, 7) is 7.66. The zero-order valence-corrected chi connectivity index (χ0v) is 11.6. The van der Waals surface area contributed by atoms with E-state index < -0.39 is 0 Å². The smallest absolute Gasteiger partial charge is 0.161 e. The molecule has 0 saturated carbocycles. The van der Waals surface area contributed by atoms with Crippen LogP contribution in [0.5, 0.6) is 11.5 Å². The van der Waals surface area contributed by atoms with Crippen molar-refractivity contribution in [2.24, 2.45) is 0 Å². The first kappa shape index (κ1) is 14.8. The van der Waals surface area contributed by atoms with Crippen LogP contribution in [0.4, 0.5) is 0 Å². The summed E-state index contributed by atoms with van der Waals surface area (Å²) < 4.78 is 11.4. The van der Waals surface area contributed by atoms with E-state index in [0.29, 0.717) is 13.2 Å². The van der Waals surface area contributed by atoms with Gasteiger partial charge >= 0.3 is 0 Å². The maximum Gasteiger partial charge on any atom is 0.161 e. The fourth-order valence-electron chi connectivity index (χ4n) is 1.59. The van der Waals surface area contributed by atoms with Crippen molar-refractivity contribution in [1.29, 1.82) is 0 Å². The fraction of sp³-hybridized carbons (Fsp3) is 0.600. The Bertz CT molecular complexity index is 350. The Kier molecular flexibility index (Phi) is 6.58. The molecule has 0 aliphatic rings. The van der Waals surface area contributed by atoms with Crippen LogP contribution in [0.15, 0.2) is 18.2 Å². The molecule has 0 fully saturated rings. The molecule has 1 aromatic carbocycles. The zero-order valence-electron chi connectivity index (χ0n) is 11.6. The highest BCUT2D eigenvalue weighted by molar-refractivity contribution is 5.44. The highest BCUT2D eigenvalue weighted by Gasteiger charge is 2.10. The van der Waals surface area contributed by atoms with Crippen LogP contribution < -0.4 is 9.47 Å². The second-order valence-electron chi connectivity index (χ2n) is 4.49. The number of hydrogen-bond acceptors (Lipinski definition) is 3. The lowest BCUT2D eigenvalue weighted by atomic mass is 10.0. The molecule has 1 aromatic rings. The number of benzene rings is 1. The second kappa shape index (κ2) is 7.98. The van der Waals surface area contributed by atoms with Crippen LogP contribution in [0.2, 0.25) is 0 Å². The van der Waals surface area contributed by atoms with Crippen molar-refractivity contribution in [2.45, 2.75) is 39.5 Å². The topological polar surface area (TPSA) is 38.7 Å². The Hall–Kier alpha value is -1.22. The summed E-state index contributed by atoms with van der Waals surface area (Å²) in [4.78, 5) is 0. The first-order valence-electron chi connectivity index (χ1n) is 6.73. The van der Waals surface area contributed by atoms with Gasteiger partial charge in [-0.3, -0.25) is 0 Å². The molecular formula is C15H24O3. The average Bonchev–Trinajstić information content (AvgIpc) is 2.42. The van der Waals surface area contributed by atoms with Crippen LogP contribution in [0.1, 0.15) is 45.1 Å². The number of aliphatic hydroxyl groups excluding tert-OH is 1. The van der Waals surface area contributed by atoms with Crippen molar-refractivity contribution in [3.63, 3.8) is 0 Å². The zero-order chi connectivity index (χ0) is 13.4. The predicted molar refractivity (Wildman–Crippen MR) is 73.5 cm³/mol. The van der Waals surface area contributed by atoms with Crippen LogP contribution in [0.25, 0.3) is 0 Å². The van der Waals surface area contributed by atoms with Crippen molar-refractivity contribution in [3.05, 3.63) is 23.8 Å². The molecule has 0 spiro atoms. The van der Waals surface area contributed by atoms with Crippen LogP contribution in [0, 0.1) is 0 Å². The lowest BCUT2D eigenvalue weighted by Gasteiger charge is -2.15. The van der Waals surface area contributed by atoms with Gasteiger partial charge in [-0.25, -0.2) is 0 Å². The second-order valence-corrected chi connectivity index (χ2v) is 4.49. The van der Waals surface area contributed by atoms with Gasteiger partial charge < -0.3 is 14.6 Å². The van der Waals surface area contributed by atoms with Gasteiger partial charge in [-0.1, -0.05) is 26.8 Å². The number of rotatable bonds is 8. The van der Waals surface area contributed by atoms with Crippen LogP contribution in [0.3, 0.4) is 0 Å². The van der Waals surface area contributed by atoms with Crippen molar-refractivity contribution >= 4 is 0 Å². The summed E-state index contributed by atoms with van der Waals surface area (Å²) in [6, 6.07) is 5.90. The monoisotopic (exact) mass is 252 g/mol. The fourth-order valence-corrected chi connectivity index (χ4v) is 1.59. The van der Waals surface area contributed by atoms with E-state index in [9.17, 15) is 5.11 Å². The molecule has 102 valence electrons. The van der Waals surface area contributed by atoms with E-state index in [1.165, 1.54) is 0 Å². The van der Waals surface area contributed by atoms with Gasteiger partial charge in [-0.2, -0.15) is 0 Å². The van der Waals surface area contributed by atoms with Crippen LogP contribution >= 0.6 is 0 Å². The van der Waals surface area contributed by atoms with Crippen LogP contribution in [-0.4, -0.2) is 24.9 Å². The van der Waals surface area contributed by atoms with E-state index in [1.807, 2.05) is 25.1 Å². The molecule has 0 aliphatic heterocycles. The van der Waals surface area contributed by atoms with Crippen molar-refractivity contribution in [2.75, 3.05) is 19.8 Å². The molecule has 18 heavy (non-hydrogen) atoms. The van der Waals surface area contributed by atoms with Gasteiger partial charge in [0.1, 0.15) is 0 Å². The third-order valence-electron chi connectivity index (χ3n) is 2.73. The number of hydrogen-bond donors (Lipinski definition) is 1. The van der Waals surface area contributed by atoms with E-state index >= 15 is 0 Å². The summed E-state index contributed by atoms with van der Waals surface area (Å²) in [5.41, 5.74) is 1.08. The van der Waals surface area contributed by atoms with Gasteiger partial charge in [0, 0.05) is 12.5 Å². The minimum Gasteiger partial charge on any atom is -0.490 e. The summed E-state index contributed by atoms with van der Waals surface area (Å²) in [7, 11) is 0. The van der Waals surface area contributed by atoms with E-state index in [4.69, 9.17) is 9.47 Å². The lowest BCUT2D eigenvalue weighted by Crippen LogP contribution is -2.04. The summed E-state index contributed by atoms with van der Waals surface area (Å²) in [5.74, 6) is 1.69. The number of ether oxygens (including phenoxy) is 2. The normalized spacial score (nSPS) is 12.2. The van der Waals surface area contributed by atoms with Gasteiger partial charge in [0.15, 0.2) is 11.5 Å². The van der Waals surface area contributed by atoms with Crippen molar-refractivity contribution in [1.82, 2.24) is 0 Å². The van der Waals surface area contributed by atoms with E-state index in [-0.39, 0.29) is 12.5 Å².